The number of anilines is 1. The molecule has 162 valence electrons. The molecule has 0 aromatic heterocycles. The number of nitrogens with zero attached hydrogens (tertiary/aromatic N) is 2. The third kappa shape index (κ3) is 5.80. The average Bonchev–Trinajstić information content (AvgIpc) is 3.64. The summed E-state index contributed by atoms with van der Waals surface area (Å²) in [6.07, 6.45) is 4.15. The molecule has 2 aliphatic rings. The van der Waals surface area contributed by atoms with E-state index in [0.717, 1.165) is 31.2 Å². The van der Waals surface area contributed by atoms with Gasteiger partial charge in [-0.3, -0.25) is 24.6 Å². The van der Waals surface area contributed by atoms with E-state index in [1.54, 1.807) is 6.07 Å². The predicted octanol–water partition coefficient (Wildman–Crippen LogP) is 3.74. The lowest BCUT2D eigenvalue weighted by Gasteiger charge is -2.21. The minimum atomic E-state index is -0.580. The largest absolute Gasteiger partial charge is 0.349 e. The number of hydrogen-bond donors (Lipinski definition) is 2. The average molecular weight is 443 g/mol. The van der Waals surface area contributed by atoms with Crippen molar-refractivity contribution in [3.05, 3.63) is 68.7 Å². The molecule has 0 aliphatic heterocycles. The minimum Gasteiger partial charge on any atom is -0.349 e. The smallest absolute Gasteiger partial charge is 0.289 e. The maximum atomic E-state index is 12.6. The van der Waals surface area contributed by atoms with Crippen molar-refractivity contribution in [3.63, 3.8) is 0 Å². The molecule has 31 heavy (non-hydrogen) atoms. The van der Waals surface area contributed by atoms with Gasteiger partial charge in [0.05, 0.1) is 11.5 Å². The Morgan fingerprint density at radius 1 is 1.10 bits per heavy atom. The molecule has 0 atom stereocenters. The van der Waals surface area contributed by atoms with E-state index < -0.39 is 4.92 Å². The zero-order chi connectivity index (χ0) is 22.0. The van der Waals surface area contributed by atoms with E-state index in [1.807, 2.05) is 24.3 Å². The van der Waals surface area contributed by atoms with Crippen LogP contribution in [0.2, 0.25) is 5.02 Å². The normalized spacial score (nSPS) is 15.5. The lowest BCUT2D eigenvalue weighted by molar-refractivity contribution is -0.384. The van der Waals surface area contributed by atoms with Gasteiger partial charge in [-0.2, -0.15) is 0 Å². The van der Waals surface area contributed by atoms with Crippen molar-refractivity contribution in [2.45, 2.75) is 44.3 Å². The van der Waals surface area contributed by atoms with Crippen LogP contribution in [0.3, 0.4) is 0 Å². The number of hydrogen-bond acceptors (Lipinski definition) is 5. The number of nitro benzene ring substituents is 1. The molecule has 2 fully saturated rings. The van der Waals surface area contributed by atoms with Crippen LogP contribution in [0.4, 0.5) is 11.4 Å². The highest BCUT2D eigenvalue weighted by Crippen LogP contribution is 2.29. The summed E-state index contributed by atoms with van der Waals surface area (Å²) in [5, 5.41) is 16.7. The van der Waals surface area contributed by atoms with E-state index >= 15 is 0 Å². The minimum absolute atomic E-state index is 0.0249. The number of amides is 2. The number of carbonyl (C=O) groups excluding carboxylic acids is 2. The fraction of sp³-hybridized carbons (Fsp3) is 0.364. The number of halogens is 1. The van der Waals surface area contributed by atoms with Crippen LogP contribution in [-0.2, 0) is 11.3 Å². The molecular formula is C22H23ClN4O4. The number of carbonyl (C=O) groups is 2. The highest BCUT2D eigenvalue weighted by Gasteiger charge is 2.30. The molecule has 0 saturated heterocycles. The van der Waals surface area contributed by atoms with Gasteiger partial charge < -0.3 is 10.6 Å². The Kier molecular flexibility index (Phi) is 6.20. The Bertz CT molecular complexity index is 1000. The van der Waals surface area contributed by atoms with Crippen LogP contribution in [-0.4, -0.2) is 40.3 Å². The van der Waals surface area contributed by atoms with E-state index in [9.17, 15) is 19.7 Å². The molecule has 0 heterocycles. The number of nitro groups is 1. The summed E-state index contributed by atoms with van der Waals surface area (Å²) in [6.45, 7) is 0.758. The Labute approximate surface area is 184 Å². The van der Waals surface area contributed by atoms with E-state index in [-0.39, 0.29) is 29.1 Å². The quantitative estimate of drug-likeness (QED) is 0.454. The van der Waals surface area contributed by atoms with Gasteiger partial charge in [0.25, 0.3) is 11.6 Å². The molecule has 8 nitrogen and oxygen atoms in total. The first-order chi connectivity index (χ1) is 14.9. The number of benzene rings is 2. The van der Waals surface area contributed by atoms with E-state index in [2.05, 4.69) is 15.5 Å². The van der Waals surface area contributed by atoms with Gasteiger partial charge in [0.2, 0.25) is 5.91 Å². The summed E-state index contributed by atoms with van der Waals surface area (Å²) < 4.78 is 0. The highest BCUT2D eigenvalue weighted by molar-refractivity contribution is 6.32. The molecule has 4 rings (SSSR count). The molecule has 2 aromatic carbocycles. The second-order valence-corrected chi connectivity index (χ2v) is 8.46. The van der Waals surface area contributed by atoms with Crippen molar-refractivity contribution in [3.8, 4) is 0 Å². The number of rotatable bonds is 9. The van der Waals surface area contributed by atoms with E-state index in [0.29, 0.717) is 29.9 Å². The summed E-state index contributed by atoms with van der Waals surface area (Å²) in [5.41, 5.74) is 1.74. The van der Waals surface area contributed by atoms with Crippen molar-refractivity contribution >= 4 is 34.8 Å². The van der Waals surface area contributed by atoms with Crippen molar-refractivity contribution < 1.29 is 14.5 Å². The summed E-state index contributed by atoms with van der Waals surface area (Å²) in [6, 6.07) is 12.3. The third-order valence-corrected chi connectivity index (χ3v) is 5.67. The second kappa shape index (κ2) is 9.03. The monoisotopic (exact) mass is 442 g/mol. The first-order valence-corrected chi connectivity index (χ1v) is 10.6. The lowest BCUT2D eigenvalue weighted by atomic mass is 10.1. The molecule has 0 spiro atoms. The van der Waals surface area contributed by atoms with Gasteiger partial charge in [0.1, 0.15) is 5.02 Å². The topological polar surface area (TPSA) is 105 Å². The molecule has 9 heteroatoms. The summed E-state index contributed by atoms with van der Waals surface area (Å²) in [5.74, 6) is -0.298. The van der Waals surface area contributed by atoms with Gasteiger partial charge in [-0.1, -0.05) is 23.7 Å². The van der Waals surface area contributed by atoms with Gasteiger partial charge in [0, 0.05) is 35.9 Å². The van der Waals surface area contributed by atoms with Gasteiger partial charge >= 0.3 is 0 Å². The summed E-state index contributed by atoms with van der Waals surface area (Å²) in [7, 11) is 0. The predicted molar refractivity (Wildman–Crippen MR) is 117 cm³/mol. The molecule has 0 bridgehead atoms. The van der Waals surface area contributed by atoms with Crippen LogP contribution in [0.1, 0.15) is 41.6 Å². The molecule has 2 amide bonds. The summed E-state index contributed by atoms with van der Waals surface area (Å²) in [4.78, 5) is 37.2. The Morgan fingerprint density at radius 3 is 2.42 bits per heavy atom. The van der Waals surface area contributed by atoms with Crippen molar-refractivity contribution in [2.24, 2.45) is 0 Å². The molecule has 0 radical (unpaired) electrons. The van der Waals surface area contributed by atoms with E-state index in [1.165, 1.54) is 12.1 Å². The number of nitrogens with one attached hydrogen (secondary N) is 2. The molecule has 2 aromatic rings. The SMILES string of the molecule is O=C(CN(Cc1ccc(C(=O)NC2CC2)cc1)C1CC1)Nc1ccc(Cl)c([N+](=O)[O-])c1. The van der Waals surface area contributed by atoms with Gasteiger partial charge in [0.15, 0.2) is 0 Å². The standard InChI is InChI=1S/C22H23ClN4O4/c23-19-10-7-17(11-20(19)27(30)31)24-21(28)13-26(18-8-9-18)12-14-1-3-15(4-2-14)22(29)25-16-5-6-16/h1-4,7,10-11,16,18H,5-6,8-9,12-13H2,(H,24,28)(H,25,29). The lowest BCUT2D eigenvalue weighted by Crippen LogP contribution is -2.34. The molecule has 2 aliphatic carbocycles. The first kappa shape index (κ1) is 21.3. The maximum Gasteiger partial charge on any atom is 0.289 e. The van der Waals surface area contributed by atoms with Crippen LogP contribution in [0.25, 0.3) is 0 Å². The molecule has 2 N–H and O–H groups in total. The third-order valence-electron chi connectivity index (χ3n) is 5.35. The highest BCUT2D eigenvalue weighted by atomic mass is 35.5. The Morgan fingerprint density at radius 2 is 1.81 bits per heavy atom. The zero-order valence-electron chi connectivity index (χ0n) is 16.8. The van der Waals surface area contributed by atoms with Crippen molar-refractivity contribution in [1.82, 2.24) is 10.2 Å². The van der Waals surface area contributed by atoms with Crippen LogP contribution in [0.15, 0.2) is 42.5 Å². The van der Waals surface area contributed by atoms with Gasteiger partial charge in [-0.05, 0) is 55.5 Å². The van der Waals surface area contributed by atoms with Gasteiger partial charge in [-0.25, -0.2) is 0 Å². The van der Waals surface area contributed by atoms with Crippen LogP contribution < -0.4 is 10.6 Å². The maximum absolute atomic E-state index is 12.6. The second-order valence-electron chi connectivity index (χ2n) is 8.05. The van der Waals surface area contributed by atoms with Gasteiger partial charge in [-0.15, -0.1) is 0 Å². The van der Waals surface area contributed by atoms with Crippen LogP contribution in [0, 0.1) is 10.1 Å². The zero-order valence-corrected chi connectivity index (χ0v) is 17.6. The van der Waals surface area contributed by atoms with Crippen LogP contribution in [0.5, 0.6) is 0 Å². The van der Waals surface area contributed by atoms with Crippen molar-refractivity contribution in [1.29, 1.82) is 0 Å². The molecule has 2 saturated carbocycles. The molecule has 0 unspecified atom stereocenters. The Balaban J connectivity index is 1.36. The van der Waals surface area contributed by atoms with Crippen LogP contribution >= 0.6 is 11.6 Å². The summed E-state index contributed by atoms with van der Waals surface area (Å²) >= 11 is 5.82. The first-order valence-electron chi connectivity index (χ1n) is 10.3. The van der Waals surface area contributed by atoms with Crippen molar-refractivity contribution in [2.75, 3.05) is 11.9 Å². The fourth-order valence-electron chi connectivity index (χ4n) is 3.36. The molecular weight excluding hydrogens is 420 g/mol. The van der Waals surface area contributed by atoms with E-state index in [4.69, 9.17) is 11.6 Å². The fourth-order valence-corrected chi connectivity index (χ4v) is 3.55. The Hall–Kier alpha value is -2.97.